The molecule has 7 aromatic rings. The van der Waals surface area contributed by atoms with Gasteiger partial charge in [0.05, 0.1) is 0 Å². The van der Waals surface area contributed by atoms with Crippen molar-refractivity contribution in [2.24, 2.45) is 5.92 Å². The van der Waals surface area contributed by atoms with E-state index in [0.29, 0.717) is 5.92 Å². The first-order valence-electron chi connectivity index (χ1n) is 18.8. The van der Waals surface area contributed by atoms with Crippen LogP contribution in [0.3, 0.4) is 0 Å². The van der Waals surface area contributed by atoms with E-state index in [1.54, 1.807) is 0 Å². The highest BCUT2D eigenvalue weighted by Crippen LogP contribution is 2.42. The van der Waals surface area contributed by atoms with Crippen molar-refractivity contribution in [2.75, 3.05) is 4.90 Å². The lowest BCUT2D eigenvalue weighted by atomic mass is 9.74. The molecular weight excluding hydrogens is 639 g/mol. The number of hydrogen-bond acceptors (Lipinski definition) is 1. The Morgan fingerprint density at radius 3 is 1.75 bits per heavy atom. The zero-order valence-corrected chi connectivity index (χ0v) is 29.6. The van der Waals surface area contributed by atoms with Crippen LogP contribution >= 0.6 is 0 Å². The van der Waals surface area contributed by atoms with Crippen LogP contribution in [0.25, 0.3) is 32.7 Å². The predicted molar refractivity (Wildman–Crippen MR) is 224 cm³/mol. The van der Waals surface area contributed by atoms with Crippen molar-refractivity contribution >= 4 is 44.1 Å². The van der Waals surface area contributed by atoms with Gasteiger partial charge in [0.15, 0.2) is 0 Å². The van der Waals surface area contributed by atoms with E-state index in [9.17, 15) is 0 Å². The van der Waals surface area contributed by atoms with E-state index < -0.39 is 0 Å². The molecule has 0 spiro atoms. The summed E-state index contributed by atoms with van der Waals surface area (Å²) in [7, 11) is 0. The third-order valence-corrected chi connectivity index (χ3v) is 11.4. The Bertz CT molecular complexity index is 2750. The van der Waals surface area contributed by atoms with Crippen LogP contribution in [-0.2, 0) is 0 Å². The van der Waals surface area contributed by atoms with Gasteiger partial charge in [-0.3, -0.25) is 0 Å². The highest BCUT2D eigenvalue weighted by molar-refractivity contribution is 6.10. The Labute approximate surface area is 311 Å². The van der Waals surface area contributed by atoms with Crippen molar-refractivity contribution < 1.29 is 0 Å². The molecule has 3 aliphatic rings. The molecule has 3 aliphatic carbocycles. The summed E-state index contributed by atoms with van der Waals surface area (Å²) in [6.07, 6.45) is 15.6. The predicted octanol–water partition coefficient (Wildman–Crippen LogP) is 11.7. The molecule has 0 fully saturated rings. The fourth-order valence-electron chi connectivity index (χ4n) is 9.02. The van der Waals surface area contributed by atoms with Crippen LogP contribution in [0.15, 0.2) is 212 Å². The summed E-state index contributed by atoms with van der Waals surface area (Å²) in [5.41, 5.74) is 11.6. The van der Waals surface area contributed by atoms with E-state index in [2.05, 4.69) is 205 Å². The van der Waals surface area contributed by atoms with E-state index in [-0.39, 0.29) is 5.92 Å². The molecule has 0 radical (unpaired) electrons. The minimum absolute atomic E-state index is 0.188. The van der Waals surface area contributed by atoms with Crippen molar-refractivity contribution in [2.45, 2.75) is 18.8 Å². The number of nitrogens with zero attached hydrogens (tertiary/aromatic N) is 1. The van der Waals surface area contributed by atoms with Crippen LogP contribution < -0.4 is 15.3 Å². The Kier molecular flexibility index (Phi) is 7.84. The van der Waals surface area contributed by atoms with Gasteiger partial charge in [0.2, 0.25) is 0 Å². The van der Waals surface area contributed by atoms with Gasteiger partial charge >= 0.3 is 0 Å². The van der Waals surface area contributed by atoms with Gasteiger partial charge in [-0.1, -0.05) is 170 Å². The third-order valence-electron chi connectivity index (χ3n) is 11.4. The van der Waals surface area contributed by atoms with Crippen molar-refractivity contribution in [1.82, 2.24) is 0 Å². The average Bonchev–Trinajstić information content (AvgIpc) is 3.24. The largest absolute Gasteiger partial charge is 0.310 e. The number of allylic oxidation sites excluding steroid dienone is 7. The topological polar surface area (TPSA) is 3.24 Å². The van der Waals surface area contributed by atoms with Gasteiger partial charge in [0.25, 0.3) is 0 Å². The first-order chi connectivity index (χ1) is 26.3. The molecule has 0 bridgehead atoms. The van der Waals surface area contributed by atoms with Gasteiger partial charge in [-0.2, -0.15) is 0 Å². The second-order valence-electron chi connectivity index (χ2n) is 14.3. The van der Waals surface area contributed by atoms with E-state index in [1.807, 2.05) is 0 Å². The lowest BCUT2D eigenvalue weighted by Crippen LogP contribution is -2.37. The molecule has 2 unspecified atom stereocenters. The van der Waals surface area contributed by atoms with Crippen LogP contribution in [-0.4, -0.2) is 0 Å². The Hall–Kier alpha value is -6.44. The molecule has 0 saturated carbocycles. The van der Waals surface area contributed by atoms with Crippen LogP contribution in [0.2, 0.25) is 0 Å². The molecule has 1 heteroatoms. The van der Waals surface area contributed by atoms with Crippen LogP contribution in [0.5, 0.6) is 0 Å². The van der Waals surface area contributed by atoms with Gasteiger partial charge in [0.1, 0.15) is 0 Å². The standard InChI is InChI=1S/C52H39N/c1-4-17-37(18-5-1)47-35-48(51-45-28-14-12-26-43(45)44-27-13-15-29-46(44)52(51)50(47)39-20-6-2-7-21-39)38-31-33-41(34-32-38)53(40-23-8-3-9-24-40)49-30-16-22-36-19-10-11-25-42(36)49/h1-21,23-34,36,47H,22,35H2. The minimum atomic E-state index is 0.188. The molecule has 2 atom stereocenters. The molecule has 10 rings (SSSR count). The summed E-state index contributed by atoms with van der Waals surface area (Å²) in [5.74, 6) is 0.585. The number of anilines is 2. The summed E-state index contributed by atoms with van der Waals surface area (Å²) >= 11 is 0. The normalized spacial score (nSPS) is 17.7. The van der Waals surface area contributed by atoms with E-state index >= 15 is 0 Å². The highest BCUT2D eigenvalue weighted by atomic mass is 15.1. The molecule has 0 aromatic heterocycles. The van der Waals surface area contributed by atoms with E-state index in [4.69, 9.17) is 0 Å². The molecule has 1 nitrogen and oxygen atoms in total. The number of rotatable bonds is 6. The maximum absolute atomic E-state index is 2.43. The molecule has 0 amide bonds. The second-order valence-corrected chi connectivity index (χ2v) is 14.3. The van der Waals surface area contributed by atoms with Gasteiger partial charge in [-0.25, -0.2) is 0 Å². The van der Waals surface area contributed by atoms with E-state index in [1.165, 1.54) is 71.1 Å². The SMILES string of the molecule is C1=CC2=C(N(c3ccccc3)c3ccc(C4=c5c(c6ccccc6c6ccccc56)=C(c5ccccc5)C(c5ccccc5)C4)cc3)C=CCC2C=C1. The molecule has 0 N–H and O–H groups in total. The van der Waals surface area contributed by atoms with Gasteiger partial charge in [-0.05, 0) is 109 Å². The maximum Gasteiger partial charge on any atom is 0.0496 e. The van der Waals surface area contributed by atoms with Crippen LogP contribution in [0.4, 0.5) is 11.4 Å². The zero-order valence-electron chi connectivity index (χ0n) is 29.6. The first-order valence-corrected chi connectivity index (χ1v) is 18.8. The Morgan fingerprint density at radius 1 is 0.472 bits per heavy atom. The molecule has 0 saturated heterocycles. The fraction of sp³-hybridized carbons (Fsp3) is 0.0769. The van der Waals surface area contributed by atoms with Crippen molar-refractivity contribution in [1.29, 1.82) is 0 Å². The summed E-state index contributed by atoms with van der Waals surface area (Å²) in [4.78, 5) is 2.43. The number of benzene rings is 7. The average molecular weight is 678 g/mol. The molecular formula is C52H39N. The Morgan fingerprint density at radius 2 is 1.06 bits per heavy atom. The highest BCUT2D eigenvalue weighted by Gasteiger charge is 2.29. The molecule has 0 aliphatic heterocycles. The van der Waals surface area contributed by atoms with Crippen LogP contribution in [0, 0.1) is 5.92 Å². The summed E-state index contributed by atoms with van der Waals surface area (Å²) in [6, 6.07) is 60.5. The smallest absolute Gasteiger partial charge is 0.0496 e. The Balaban J connectivity index is 1.26. The molecule has 7 aromatic carbocycles. The fourth-order valence-corrected chi connectivity index (χ4v) is 9.02. The number of hydrogen-bond donors (Lipinski definition) is 0. The monoisotopic (exact) mass is 677 g/mol. The number of para-hydroxylation sites is 1. The van der Waals surface area contributed by atoms with Crippen LogP contribution in [0.1, 0.15) is 35.4 Å². The van der Waals surface area contributed by atoms with Gasteiger partial charge in [-0.15, -0.1) is 0 Å². The summed E-state index contributed by atoms with van der Waals surface area (Å²) < 4.78 is 0. The molecule has 252 valence electrons. The second kappa shape index (κ2) is 13.3. The van der Waals surface area contributed by atoms with Gasteiger partial charge in [0, 0.05) is 28.9 Å². The van der Waals surface area contributed by atoms with Gasteiger partial charge < -0.3 is 4.90 Å². The lowest BCUT2D eigenvalue weighted by molar-refractivity contribution is 0.763. The van der Waals surface area contributed by atoms with Crippen molar-refractivity contribution in [3.05, 3.63) is 239 Å². The zero-order chi connectivity index (χ0) is 35.1. The van der Waals surface area contributed by atoms with Crippen molar-refractivity contribution in [3.63, 3.8) is 0 Å². The summed E-state index contributed by atoms with van der Waals surface area (Å²) in [6.45, 7) is 0. The van der Waals surface area contributed by atoms with Crippen molar-refractivity contribution in [3.8, 4) is 0 Å². The lowest BCUT2D eigenvalue weighted by Gasteiger charge is -2.33. The minimum Gasteiger partial charge on any atom is -0.310 e. The quantitative estimate of drug-likeness (QED) is 0.158. The first kappa shape index (κ1) is 31.3. The number of fused-ring (bicyclic) bond motifs is 7. The third kappa shape index (κ3) is 5.40. The molecule has 0 heterocycles. The maximum atomic E-state index is 2.43. The summed E-state index contributed by atoms with van der Waals surface area (Å²) in [5, 5.41) is 7.95. The van der Waals surface area contributed by atoms with E-state index in [0.717, 1.165) is 24.2 Å². The molecule has 53 heavy (non-hydrogen) atoms.